The molecule has 0 amide bonds. The molecule has 1 aromatic heterocycles. The van der Waals surface area contributed by atoms with Crippen LogP contribution in [0.1, 0.15) is 13.3 Å². The Hall–Kier alpha value is -2.82. The van der Waals surface area contributed by atoms with Gasteiger partial charge in [-0.05, 0) is 30.7 Å². The molecule has 5 heteroatoms. The molecule has 3 aromatic rings. The lowest BCUT2D eigenvalue weighted by Crippen LogP contribution is -2.06. The summed E-state index contributed by atoms with van der Waals surface area (Å²) in [7, 11) is 0. The molecule has 0 fully saturated rings. The Kier molecular flexibility index (Phi) is 4.05. The predicted molar refractivity (Wildman–Crippen MR) is 89.7 cm³/mol. The van der Waals surface area contributed by atoms with Crippen LogP contribution < -0.4 is 10.6 Å². The highest BCUT2D eigenvalue weighted by atomic mass is 16.3. The lowest BCUT2D eigenvalue weighted by atomic mass is 10.2. The molecule has 0 aliphatic carbocycles. The number of hydrogen-bond donors (Lipinski definition) is 3. The van der Waals surface area contributed by atoms with E-state index in [1.807, 2.05) is 30.3 Å². The van der Waals surface area contributed by atoms with Crippen LogP contribution in [0.5, 0.6) is 5.75 Å². The molecule has 0 saturated carbocycles. The first-order chi connectivity index (χ1) is 10.8. The van der Waals surface area contributed by atoms with Gasteiger partial charge in [-0.2, -0.15) is 4.98 Å². The molecule has 1 heterocycles. The second kappa shape index (κ2) is 6.30. The highest BCUT2D eigenvalue weighted by Gasteiger charge is 2.07. The number of phenols is 1. The largest absolute Gasteiger partial charge is 0.508 e. The first kappa shape index (κ1) is 14.1. The van der Waals surface area contributed by atoms with E-state index >= 15 is 0 Å². The molecular weight excluding hydrogens is 276 g/mol. The maximum atomic E-state index is 9.54. The smallest absolute Gasteiger partial charge is 0.229 e. The van der Waals surface area contributed by atoms with E-state index in [9.17, 15) is 5.11 Å². The number of phenolic OH excluding ortho intramolecular Hbond substituents is 1. The number of nitrogens with one attached hydrogen (secondary N) is 2. The van der Waals surface area contributed by atoms with Crippen molar-refractivity contribution in [3.63, 3.8) is 0 Å². The van der Waals surface area contributed by atoms with Gasteiger partial charge in [-0.1, -0.05) is 25.1 Å². The molecule has 0 atom stereocenters. The molecule has 0 aliphatic heterocycles. The molecule has 5 nitrogen and oxygen atoms in total. The summed E-state index contributed by atoms with van der Waals surface area (Å²) < 4.78 is 0. The molecule has 3 rings (SSSR count). The Morgan fingerprint density at radius 2 is 1.91 bits per heavy atom. The van der Waals surface area contributed by atoms with Crippen molar-refractivity contribution in [3.05, 3.63) is 48.5 Å². The van der Waals surface area contributed by atoms with Crippen molar-refractivity contribution >= 4 is 28.4 Å². The van der Waals surface area contributed by atoms with Crippen LogP contribution in [-0.4, -0.2) is 21.6 Å². The molecule has 112 valence electrons. The fourth-order valence-corrected chi connectivity index (χ4v) is 2.22. The van der Waals surface area contributed by atoms with Gasteiger partial charge in [0.1, 0.15) is 11.6 Å². The minimum absolute atomic E-state index is 0.204. The van der Waals surface area contributed by atoms with Crippen LogP contribution in [0, 0.1) is 0 Å². The zero-order valence-corrected chi connectivity index (χ0v) is 12.4. The Morgan fingerprint density at radius 1 is 1.05 bits per heavy atom. The minimum Gasteiger partial charge on any atom is -0.508 e. The van der Waals surface area contributed by atoms with Crippen LogP contribution in [0.3, 0.4) is 0 Å². The van der Waals surface area contributed by atoms with E-state index in [2.05, 4.69) is 27.5 Å². The molecule has 2 aromatic carbocycles. The van der Waals surface area contributed by atoms with Gasteiger partial charge < -0.3 is 15.7 Å². The third-order valence-corrected chi connectivity index (χ3v) is 3.25. The van der Waals surface area contributed by atoms with Crippen molar-refractivity contribution in [1.82, 2.24) is 9.97 Å². The van der Waals surface area contributed by atoms with E-state index in [1.54, 1.807) is 18.2 Å². The lowest BCUT2D eigenvalue weighted by molar-refractivity contribution is 0.475. The summed E-state index contributed by atoms with van der Waals surface area (Å²) in [6, 6.07) is 14.8. The van der Waals surface area contributed by atoms with Gasteiger partial charge in [-0.25, -0.2) is 4.98 Å². The van der Waals surface area contributed by atoms with Gasteiger partial charge in [0.2, 0.25) is 5.95 Å². The summed E-state index contributed by atoms with van der Waals surface area (Å²) in [6.07, 6.45) is 1.02. The highest BCUT2D eigenvalue weighted by Crippen LogP contribution is 2.24. The van der Waals surface area contributed by atoms with Crippen LogP contribution in [0.15, 0.2) is 48.5 Å². The molecule has 0 radical (unpaired) electrons. The summed E-state index contributed by atoms with van der Waals surface area (Å²) in [5, 5.41) is 17.0. The van der Waals surface area contributed by atoms with Crippen LogP contribution in [0.25, 0.3) is 10.9 Å². The first-order valence-corrected chi connectivity index (χ1v) is 7.33. The predicted octanol–water partition coefficient (Wildman–Crippen LogP) is 3.90. The Labute approximate surface area is 129 Å². The second-order valence-electron chi connectivity index (χ2n) is 5.02. The first-order valence-electron chi connectivity index (χ1n) is 7.33. The number of hydrogen-bond acceptors (Lipinski definition) is 5. The number of anilines is 3. The zero-order chi connectivity index (χ0) is 15.4. The Balaban J connectivity index is 1.98. The van der Waals surface area contributed by atoms with Crippen LogP contribution in [-0.2, 0) is 0 Å². The third kappa shape index (κ3) is 3.09. The monoisotopic (exact) mass is 294 g/mol. The normalized spacial score (nSPS) is 10.6. The number of benzene rings is 2. The standard InChI is InChI=1S/C17H18N4O/c1-2-10-18-16-14-8-3-4-9-15(14)20-17(21-16)19-12-6-5-7-13(22)11-12/h3-9,11,22H,2,10H2,1H3,(H2,18,19,20,21). The van der Waals surface area contributed by atoms with Crippen LogP contribution >= 0.6 is 0 Å². The van der Waals surface area contributed by atoms with E-state index in [0.717, 1.165) is 35.4 Å². The van der Waals surface area contributed by atoms with Gasteiger partial charge >= 0.3 is 0 Å². The molecule has 0 spiro atoms. The Bertz CT molecular complexity index is 788. The van der Waals surface area contributed by atoms with E-state index in [-0.39, 0.29) is 5.75 Å². The number of para-hydroxylation sites is 1. The van der Waals surface area contributed by atoms with E-state index < -0.39 is 0 Å². The van der Waals surface area contributed by atoms with Gasteiger partial charge in [0.15, 0.2) is 0 Å². The number of nitrogens with zero attached hydrogens (tertiary/aromatic N) is 2. The van der Waals surface area contributed by atoms with Crippen molar-refractivity contribution in [2.75, 3.05) is 17.2 Å². The maximum Gasteiger partial charge on any atom is 0.229 e. The molecule has 0 aliphatic rings. The topological polar surface area (TPSA) is 70.1 Å². The van der Waals surface area contributed by atoms with Gasteiger partial charge in [0, 0.05) is 23.7 Å². The quantitative estimate of drug-likeness (QED) is 0.665. The average molecular weight is 294 g/mol. The second-order valence-corrected chi connectivity index (χ2v) is 5.02. The summed E-state index contributed by atoms with van der Waals surface area (Å²) in [6.45, 7) is 2.97. The zero-order valence-electron chi connectivity index (χ0n) is 12.4. The number of rotatable bonds is 5. The molecule has 0 unspecified atom stereocenters. The van der Waals surface area contributed by atoms with Gasteiger partial charge in [0.25, 0.3) is 0 Å². The highest BCUT2D eigenvalue weighted by molar-refractivity contribution is 5.90. The van der Waals surface area contributed by atoms with Gasteiger partial charge in [-0.15, -0.1) is 0 Å². The molecular formula is C17H18N4O. The van der Waals surface area contributed by atoms with Crippen molar-refractivity contribution < 1.29 is 5.11 Å². The summed E-state index contributed by atoms with van der Waals surface area (Å²) in [5.74, 6) is 1.52. The third-order valence-electron chi connectivity index (χ3n) is 3.25. The molecule has 22 heavy (non-hydrogen) atoms. The fraction of sp³-hybridized carbons (Fsp3) is 0.176. The number of fused-ring (bicyclic) bond motifs is 1. The average Bonchev–Trinajstić information content (AvgIpc) is 2.52. The van der Waals surface area contributed by atoms with Crippen molar-refractivity contribution in [2.45, 2.75) is 13.3 Å². The van der Waals surface area contributed by atoms with Gasteiger partial charge in [0.05, 0.1) is 5.52 Å². The molecule has 0 bridgehead atoms. The SMILES string of the molecule is CCCNc1nc(Nc2cccc(O)c2)nc2ccccc12. The summed E-state index contributed by atoms with van der Waals surface area (Å²) in [5.41, 5.74) is 1.62. The lowest BCUT2D eigenvalue weighted by Gasteiger charge is -2.11. The van der Waals surface area contributed by atoms with Gasteiger partial charge in [-0.3, -0.25) is 0 Å². The Morgan fingerprint density at radius 3 is 2.73 bits per heavy atom. The van der Waals surface area contributed by atoms with Crippen molar-refractivity contribution in [3.8, 4) is 5.75 Å². The van der Waals surface area contributed by atoms with Crippen molar-refractivity contribution in [2.24, 2.45) is 0 Å². The fourth-order valence-electron chi connectivity index (χ4n) is 2.22. The molecule has 3 N–H and O–H groups in total. The maximum absolute atomic E-state index is 9.54. The summed E-state index contributed by atoms with van der Waals surface area (Å²) in [4.78, 5) is 9.07. The van der Waals surface area contributed by atoms with Crippen molar-refractivity contribution in [1.29, 1.82) is 0 Å². The van der Waals surface area contributed by atoms with E-state index in [1.165, 1.54) is 0 Å². The van der Waals surface area contributed by atoms with E-state index in [4.69, 9.17) is 0 Å². The van der Waals surface area contributed by atoms with E-state index in [0.29, 0.717) is 5.95 Å². The number of aromatic nitrogens is 2. The summed E-state index contributed by atoms with van der Waals surface area (Å²) >= 11 is 0. The number of aromatic hydroxyl groups is 1. The minimum atomic E-state index is 0.204. The molecule has 0 saturated heterocycles. The van der Waals surface area contributed by atoms with Crippen LogP contribution in [0.2, 0.25) is 0 Å². The van der Waals surface area contributed by atoms with Crippen LogP contribution in [0.4, 0.5) is 17.5 Å².